The Morgan fingerprint density at radius 2 is 2.04 bits per heavy atom. The molecule has 2 aromatic rings. The van der Waals surface area contributed by atoms with Crippen molar-refractivity contribution in [1.29, 1.82) is 0 Å². The number of aromatic carboxylic acids is 1. The Bertz CT molecular complexity index is 859. The van der Waals surface area contributed by atoms with Crippen molar-refractivity contribution in [2.45, 2.75) is 19.0 Å². The second-order valence-electron chi connectivity index (χ2n) is 5.50. The predicted octanol–water partition coefficient (Wildman–Crippen LogP) is 4.63. The zero-order valence-electron chi connectivity index (χ0n) is 12.2. The van der Waals surface area contributed by atoms with E-state index < -0.39 is 17.7 Å². The Morgan fingerprint density at radius 1 is 1.29 bits per heavy atom. The van der Waals surface area contributed by atoms with Gasteiger partial charge in [0.2, 0.25) is 0 Å². The summed E-state index contributed by atoms with van der Waals surface area (Å²) < 4.78 is 38.8. The molecule has 1 heterocycles. The summed E-state index contributed by atoms with van der Waals surface area (Å²) in [7, 11) is 0. The SMILES string of the molecule is O=C(O)c1ccnc2c1CC(Cc1ccc(Cl)c(C(F)(F)F)c1)=C2. The normalized spacial score (nSPS) is 13.6. The van der Waals surface area contributed by atoms with Gasteiger partial charge in [0, 0.05) is 6.20 Å². The van der Waals surface area contributed by atoms with Gasteiger partial charge in [0.15, 0.2) is 0 Å². The molecule has 0 spiro atoms. The second kappa shape index (κ2) is 5.94. The topological polar surface area (TPSA) is 50.2 Å². The highest BCUT2D eigenvalue weighted by molar-refractivity contribution is 6.31. The first kappa shape index (κ1) is 16.5. The van der Waals surface area contributed by atoms with Gasteiger partial charge in [0.25, 0.3) is 0 Å². The van der Waals surface area contributed by atoms with Gasteiger partial charge < -0.3 is 5.11 Å². The first-order valence-corrected chi connectivity index (χ1v) is 7.40. The van der Waals surface area contributed by atoms with Crippen LogP contribution in [0.25, 0.3) is 6.08 Å². The molecule has 0 unspecified atom stereocenters. The molecule has 0 saturated carbocycles. The molecule has 3 nitrogen and oxygen atoms in total. The zero-order valence-corrected chi connectivity index (χ0v) is 12.9. The second-order valence-corrected chi connectivity index (χ2v) is 5.90. The van der Waals surface area contributed by atoms with Crippen LogP contribution in [0.1, 0.15) is 32.7 Å². The van der Waals surface area contributed by atoms with Crippen LogP contribution < -0.4 is 0 Å². The van der Waals surface area contributed by atoms with Crippen molar-refractivity contribution in [3.8, 4) is 0 Å². The van der Waals surface area contributed by atoms with E-state index in [2.05, 4.69) is 4.98 Å². The highest BCUT2D eigenvalue weighted by atomic mass is 35.5. The number of alkyl halides is 3. The summed E-state index contributed by atoms with van der Waals surface area (Å²) >= 11 is 5.62. The van der Waals surface area contributed by atoms with Crippen LogP contribution in [-0.4, -0.2) is 16.1 Å². The number of fused-ring (bicyclic) bond motifs is 1. The molecule has 7 heteroatoms. The molecule has 3 rings (SSSR count). The van der Waals surface area contributed by atoms with E-state index in [1.54, 1.807) is 6.08 Å². The smallest absolute Gasteiger partial charge is 0.417 e. The third-order valence-electron chi connectivity index (χ3n) is 3.83. The van der Waals surface area contributed by atoms with Gasteiger partial charge in [-0.15, -0.1) is 0 Å². The van der Waals surface area contributed by atoms with E-state index in [1.165, 1.54) is 24.4 Å². The molecule has 24 heavy (non-hydrogen) atoms. The minimum Gasteiger partial charge on any atom is -0.478 e. The third-order valence-corrected chi connectivity index (χ3v) is 4.16. The lowest BCUT2D eigenvalue weighted by molar-refractivity contribution is -0.137. The van der Waals surface area contributed by atoms with Crippen LogP contribution in [0.2, 0.25) is 5.02 Å². The number of hydrogen-bond donors (Lipinski definition) is 1. The molecule has 0 fully saturated rings. The maximum atomic E-state index is 12.9. The number of carboxylic acid groups (broad SMARTS) is 1. The Kier molecular flexibility index (Phi) is 4.09. The molecule has 0 saturated heterocycles. The quantitative estimate of drug-likeness (QED) is 0.875. The fraction of sp³-hybridized carbons (Fsp3) is 0.176. The molecular formula is C17H11ClF3NO2. The lowest BCUT2D eigenvalue weighted by atomic mass is 10.00. The molecular weight excluding hydrogens is 343 g/mol. The number of carboxylic acids is 1. The van der Waals surface area contributed by atoms with E-state index in [9.17, 15) is 23.1 Å². The van der Waals surface area contributed by atoms with Gasteiger partial charge in [-0.3, -0.25) is 4.98 Å². The maximum Gasteiger partial charge on any atom is 0.417 e. The first-order chi connectivity index (χ1) is 11.3. The van der Waals surface area contributed by atoms with Crippen molar-refractivity contribution in [2.75, 3.05) is 0 Å². The molecule has 0 atom stereocenters. The highest BCUT2D eigenvalue weighted by Gasteiger charge is 2.33. The summed E-state index contributed by atoms with van der Waals surface area (Å²) in [6.07, 6.45) is -0.752. The number of hydrogen-bond acceptors (Lipinski definition) is 2. The van der Waals surface area contributed by atoms with E-state index in [1.807, 2.05) is 0 Å². The summed E-state index contributed by atoms with van der Waals surface area (Å²) in [6, 6.07) is 5.20. The van der Waals surface area contributed by atoms with Crippen LogP contribution in [0, 0.1) is 0 Å². The fourth-order valence-electron chi connectivity index (χ4n) is 2.77. The van der Waals surface area contributed by atoms with Gasteiger partial charge in [-0.25, -0.2) is 4.79 Å². The molecule has 124 valence electrons. The van der Waals surface area contributed by atoms with Crippen molar-refractivity contribution >= 4 is 23.6 Å². The molecule has 0 radical (unpaired) electrons. The third kappa shape index (κ3) is 3.14. The molecule has 1 aromatic heterocycles. The van der Waals surface area contributed by atoms with Gasteiger partial charge in [-0.2, -0.15) is 13.2 Å². The number of halogens is 4. The minimum atomic E-state index is -4.52. The number of aromatic nitrogens is 1. The predicted molar refractivity (Wildman–Crippen MR) is 83.0 cm³/mol. The largest absolute Gasteiger partial charge is 0.478 e. The lowest BCUT2D eigenvalue weighted by Crippen LogP contribution is -2.07. The maximum absolute atomic E-state index is 12.9. The number of nitrogens with zero attached hydrogens (tertiary/aromatic N) is 1. The van der Waals surface area contributed by atoms with E-state index in [4.69, 9.17) is 11.6 Å². The Hall–Kier alpha value is -2.34. The average Bonchev–Trinajstić information content (AvgIpc) is 2.89. The van der Waals surface area contributed by atoms with Gasteiger partial charge in [0.1, 0.15) is 0 Å². The van der Waals surface area contributed by atoms with Crippen LogP contribution in [0.15, 0.2) is 36.0 Å². The van der Waals surface area contributed by atoms with Crippen molar-refractivity contribution in [3.05, 3.63) is 69.0 Å². The lowest BCUT2D eigenvalue weighted by Gasteiger charge is -2.11. The summed E-state index contributed by atoms with van der Waals surface area (Å²) in [5, 5.41) is 8.85. The summed E-state index contributed by atoms with van der Waals surface area (Å²) in [5.74, 6) is -1.05. The van der Waals surface area contributed by atoms with E-state index >= 15 is 0 Å². The molecule has 1 aliphatic rings. The van der Waals surface area contributed by atoms with Crippen LogP contribution in [0.5, 0.6) is 0 Å². The van der Waals surface area contributed by atoms with Crippen molar-refractivity contribution in [1.82, 2.24) is 4.98 Å². The molecule has 1 aliphatic carbocycles. The summed E-state index contributed by atoms with van der Waals surface area (Å²) in [4.78, 5) is 15.4. The van der Waals surface area contributed by atoms with Crippen LogP contribution in [0.4, 0.5) is 13.2 Å². The van der Waals surface area contributed by atoms with E-state index in [-0.39, 0.29) is 17.0 Å². The average molecular weight is 354 g/mol. The van der Waals surface area contributed by atoms with Crippen molar-refractivity contribution in [2.24, 2.45) is 0 Å². The monoisotopic (exact) mass is 353 g/mol. The fourth-order valence-corrected chi connectivity index (χ4v) is 2.99. The number of rotatable bonds is 3. The molecule has 0 amide bonds. The number of benzene rings is 1. The number of allylic oxidation sites excluding steroid dienone is 1. The Balaban J connectivity index is 1.87. The first-order valence-electron chi connectivity index (χ1n) is 7.02. The van der Waals surface area contributed by atoms with Crippen molar-refractivity contribution < 1.29 is 23.1 Å². The van der Waals surface area contributed by atoms with Crippen molar-refractivity contribution in [3.63, 3.8) is 0 Å². The Labute approximate surface area is 140 Å². The molecule has 1 N–H and O–H groups in total. The van der Waals surface area contributed by atoms with Crippen LogP contribution in [0.3, 0.4) is 0 Å². The van der Waals surface area contributed by atoms with Gasteiger partial charge in [-0.05, 0) is 48.2 Å². The summed E-state index contributed by atoms with van der Waals surface area (Å²) in [5.41, 5.74) is 1.70. The summed E-state index contributed by atoms with van der Waals surface area (Å²) in [6.45, 7) is 0. The Morgan fingerprint density at radius 3 is 2.71 bits per heavy atom. The highest BCUT2D eigenvalue weighted by Crippen LogP contribution is 2.36. The zero-order chi connectivity index (χ0) is 17.5. The molecule has 0 aliphatic heterocycles. The molecule has 1 aromatic carbocycles. The van der Waals surface area contributed by atoms with Crippen LogP contribution >= 0.6 is 11.6 Å². The van der Waals surface area contributed by atoms with Gasteiger partial charge >= 0.3 is 12.1 Å². The standard InChI is InChI=1S/C17H11ClF3NO2/c18-14-2-1-9(7-13(14)17(19,20)21)5-10-6-12-11(16(23)24)3-4-22-15(12)8-10/h1-4,7-8H,5-6H2,(H,23,24). The molecule has 0 bridgehead atoms. The number of carbonyl (C=O) groups is 1. The van der Waals surface area contributed by atoms with Crippen LogP contribution in [-0.2, 0) is 19.0 Å². The van der Waals surface area contributed by atoms with Gasteiger partial charge in [-0.1, -0.05) is 23.2 Å². The van der Waals surface area contributed by atoms with Gasteiger partial charge in [0.05, 0.1) is 21.8 Å². The minimum absolute atomic E-state index is 0.165. The number of pyridine rings is 1. The van der Waals surface area contributed by atoms with E-state index in [0.29, 0.717) is 23.2 Å². The van der Waals surface area contributed by atoms with E-state index in [0.717, 1.165) is 11.6 Å².